The van der Waals surface area contributed by atoms with E-state index in [4.69, 9.17) is 4.74 Å². The fraction of sp³-hybridized carbons (Fsp3) is 0.586. The van der Waals surface area contributed by atoms with E-state index in [1.54, 1.807) is 6.07 Å². The second-order valence-electron chi connectivity index (χ2n) is 10.6. The number of piperidine rings is 2. The van der Waals surface area contributed by atoms with Crippen molar-refractivity contribution in [2.24, 2.45) is 0 Å². The maximum Gasteiger partial charge on any atom is 0.128 e. The van der Waals surface area contributed by atoms with Gasteiger partial charge in [0.15, 0.2) is 0 Å². The zero-order valence-corrected chi connectivity index (χ0v) is 21.4. The van der Waals surface area contributed by atoms with Crippen LogP contribution >= 0.6 is 0 Å². The van der Waals surface area contributed by atoms with E-state index in [9.17, 15) is 0 Å². The van der Waals surface area contributed by atoms with E-state index < -0.39 is 0 Å². The fourth-order valence-corrected chi connectivity index (χ4v) is 6.10. The molecule has 2 saturated heterocycles. The van der Waals surface area contributed by atoms with Crippen LogP contribution < -0.4 is 10.6 Å². The molecule has 190 valence electrons. The number of ether oxygens (including phenoxy) is 1. The largest absolute Gasteiger partial charge is 0.381 e. The molecule has 0 radical (unpaired) electrons. The van der Waals surface area contributed by atoms with E-state index in [2.05, 4.69) is 51.6 Å². The van der Waals surface area contributed by atoms with Gasteiger partial charge in [-0.3, -0.25) is 9.80 Å². The van der Waals surface area contributed by atoms with E-state index >= 15 is 4.39 Å². The van der Waals surface area contributed by atoms with Gasteiger partial charge in [-0.05, 0) is 67.5 Å². The van der Waals surface area contributed by atoms with E-state index in [1.807, 2.05) is 13.2 Å². The Morgan fingerprint density at radius 3 is 2.74 bits per heavy atom. The molecule has 35 heavy (non-hydrogen) atoms. The van der Waals surface area contributed by atoms with Gasteiger partial charge in [0, 0.05) is 70.2 Å². The molecule has 1 atom stereocenters. The van der Waals surface area contributed by atoms with Gasteiger partial charge in [0.1, 0.15) is 5.82 Å². The number of fused-ring (bicyclic) bond motifs is 1. The van der Waals surface area contributed by atoms with Crippen molar-refractivity contribution in [3.8, 4) is 0 Å². The highest BCUT2D eigenvalue weighted by Crippen LogP contribution is 2.33. The van der Waals surface area contributed by atoms with Crippen molar-refractivity contribution < 1.29 is 9.13 Å². The zero-order valence-electron chi connectivity index (χ0n) is 21.4. The summed E-state index contributed by atoms with van der Waals surface area (Å²) in [5, 5.41) is 7.14. The summed E-state index contributed by atoms with van der Waals surface area (Å²) in [6.07, 6.45) is 5.60. The van der Waals surface area contributed by atoms with Crippen molar-refractivity contribution in [3.05, 3.63) is 64.5 Å². The van der Waals surface area contributed by atoms with Crippen LogP contribution in [0.25, 0.3) is 0 Å². The summed E-state index contributed by atoms with van der Waals surface area (Å²) in [6, 6.07) is 12.9. The lowest BCUT2D eigenvalue weighted by molar-refractivity contribution is -0.0607. The number of hydrogen-bond donors (Lipinski definition) is 2. The van der Waals surface area contributed by atoms with Crippen LogP contribution in [-0.2, 0) is 30.9 Å². The van der Waals surface area contributed by atoms with Gasteiger partial charge in [0.25, 0.3) is 0 Å². The SMILES string of the molecule is CCC1(OC)CCN(Cc2ccc(CNc3cccc4c3CN(C3CCCNC3)C4)cc2F)CC1. The lowest BCUT2D eigenvalue weighted by atomic mass is 9.88. The third-order valence-corrected chi connectivity index (χ3v) is 8.63. The number of rotatable bonds is 8. The Morgan fingerprint density at radius 2 is 2.03 bits per heavy atom. The number of anilines is 1. The fourth-order valence-electron chi connectivity index (χ4n) is 6.10. The highest BCUT2D eigenvalue weighted by atomic mass is 19.1. The Kier molecular flexibility index (Phi) is 7.73. The van der Waals surface area contributed by atoms with Gasteiger partial charge in [-0.15, -0.1) is 0 Å². The van der Waals surface area contributed by atoms with Gasteiger partial charge in [-0.2, -0.15) is 0 Å². The molecule has 0 saturated carbocycles. The minimum Gasteiger partial charge on any atom is -0.381 e. The first kappa shape index (κ1) is 24.7. The monoisotopic (exact) mass is 480 g/mol. The topological polar surface area (TPSA) is 39.8 Å². The van der Waals surface area contributed by atoms with Crippen LogP contribution in [0.3, 0.4) is 0 Å². The van der Waals surface area contributed by atoms with Crippen LogP contribution in [0.4, 0.5) is 10.1 Å². The molecule has 5 nitrogen and oxygen atoms in total. The molecule has 0 spiro atoms. The highest BCUT2D eigenvalue weighted by Gasteiger charge is 2.33. The first-order chi connectivity index (χ1) is 17.1. The van der Waals surface area contributed by atoms with Crippen LogP contribution in [0.2, 0.25) is 0 Å². The summed E-state index contributed by atoms with van der Waals surface area (Å²) >= 11 is 0. The molecule has 2 aromatic rings. The molecule has 5 rings (SSSR count). The Morgan fingerprint density at radius 1 is 1.17 bits per heavy atom. The van der Waals surface area contributed by atoms with Crippen LogP contribution in [0.5, 0.6) is 0 Å². The van der Waals surface area contributed by atoms with Crippen LogP contribution in [0.1, 0.15) is 61.3 Å². The average molecular weight is 481 g/mol. The van der Waals surface area contributed by atoms with Gasteiger partial charge in [-0.1, -0.05) is 31.2 Å². The molecule has 2 aromatic carbocycles. The Balaban J connectivity index is 1.17. The normalized spacial score (nSPS) is 22.8. The summed E-state index contributed by atoms with van der Waals surface area (Å²) < 4.78 is 20.8. The van der Waals surface area contributed by atoms with Crippen molar-refractivity contribution >= 4 is 5.69 Å². The average Bonchev–Trinajstić information content (AvgIpc) is 3.35. The Bertz CT molecular complexity index is 992. The standard InChI is InChI=1S/C29H41FN4O/c1-3-29(35-2)11-14-33(15-12-29)19-24-10-9-22(16-27(24)30)17-32-28-8-4-6-23-20-34(21-26(23)28)25-7-5-13-31-18-25/h4,6,8-10,16,25,31-32H,3,5,7,11-15,17-21H2,1-2H3. The molecule has 0 amide bonds. The number of benzene rings is 2. The summed E-state index contributed by atoms with van der Waals surface area (Å²) in [4.78, 5) is 4.96. The Hall–Kier alpha value is -1.99. The van der Waals surface area contributed by atoms with Gasteiger partial charge >= 0.3 is 0 Å². The maximum absolute atomic E-state index is 15.0. The molecule has 0 aromatic heterocycles. The second-order valence-corrected chi connectivity index (χ2v) is 10.6. The molecule has 2 fully saturated rings. The lowest BCUT2D eigenvalue weighted by Gasteiger charge is -2.40. The van der Waals surface area contributed by atoms with Crippen molar-refractivity contribution in [2.45, 2.75) is 76.8 Å². The summed E-state index contributed by atoms with van der Waals surface area (Å²) in [5.41, 5.74) is 5.78. The quantitative estimate of drug-likeness (QED) is 0.563. The first-order valence-corrected chi connectivity index (χ1v) is 13.4. The number of methoxy groups -OCH3 is 1. The minimum atomic E-state index is -0.0994. The third kappa shape index (κ3) is 5.56. The summed E-state index contributed by atoms with van der Waals surface area (Å²) in [7, 11) is 1.82. The molecule has 6 heteroatoms. The predicted octanol–water partition coefficient (Wildman–Crippen LogP) is 4.90. The van der Waals surface area contributed by atoms with Gasteiger partial charge < -0.3 is 15.4 Å². The predicted molar refractivity (Wildman–Crippen MR) is 140 cm³/mol. The van der Waals surface area contributed by atoms with Crippen molar-refractivity contribution in [2.75, 3.05) is 38.6 Å². The Labute approximate surface area is 210 Å². The van der Waals surface area contributed by atoms with Crippen LogP contribution in [0.15, 0.2) is 36.4 Å². The number of nitrogens with one attached hydrogen (secondary N) is 2. The molecule has 0 bridgehead atoms. The molecular weight excluding hydrogens is 439 g/mol. The number of nitrogens with zero attached hydrogens (tertiary/aromatic N) is 2. The molecule has 3 aliphatic rings. The van der Waals surface area contributed by atoms with Crippen molar-refractivity contribution in [1.29, 1.82) is 0 Å². The molecule has 0 aliphatic carbocycles. The second kappa shape index (κ2) is 11.0. The molecular formula is C29H41FN4O. The van der Waals surface area contributed by atoms with E-state index in [1.165, 1.54) is 29.7 Å². The molecule has 1 unspecified atom stereocenters. The zero-order chi connectivity index (χ0) is 24.3. The van der Waals surface area contributed by atoms with E-state index in [0.717, 1.165) is 69.7 Å². The van der Waals surface area contributed by atoms with Gasteiger partial charge in [-0.25, -0.2) is 4.39 Å². The van der Waals surface area contributed by atoms with Gasteiger partial charge in [0.05, 0.1) is 5.60 Å². The first-order valence-electron chi connectivity index (χ1n) is 13.4. The van der Waals surface area contributed by atoms with Crippen molar-refractivity contribution in [3.63, 3.8) is 0 Å². The van der Waals surface area contributed by atoms with Crippen LogP contribution in [-0.4, -0.2) is 54.7 Å². The molecule has 3 heterocycles. The molecule has 2 N–H and O–H groups in total. The minimum absolute atomic E-state index is 0.00646. The summed E-state index contributed by atoms with van der Waals surface area (Å²) in [6.45, 7) is 9.67. The maximum atomic E-state index is 15.0. The number of halogens is 1. The highest BCUT2D eigenvalue weighted by molar-refractivity contribution is 5.56. The third-order valence-electron chi connectivity index (χ3n) is 8.63. The van der Waals surface area contributed by atoms with Crippen LogP contribution in [0, 0.1) is 5.82 Å². The number of hydrogen-bond acceptors (Lipinski definition) is 5. The van der Waals surface area contributed by atoms with E-state index in [-0.39, 0.29) is 11.4 Å². The van der Waals surface area contributed by atoms with Crippen molar-refractivity contribution in [1.82, 2.24) is 15.1 Å². The smallest absolute Gasteiger partial charge is 0.128 e. The lowest BCUT2D eigenvalue weighted by Crippen LogP contribution is -2.44. The van der Waals surface area contributed by atoms with E-state index in [0.29, 0.717) is 19.1 Å². The molecule has 3 aliphatic heterocycles. The number of likely N-dealkylation sites (tertiary alicyclic amines) is 1. The summed E-state index contributed by atoms with van der Waals surface area (Å²) in [5.74, 6) is -0.0994. The van der Waals surface area contributed by atoms with Gasteiger partial charge in [0.2, 0.25) is 0 Å².